The minimum absolute atomic E-state index is 0. The predicted octanol–water partition coefficient (Wildman–Crippen LogP) is 0.558. The molecule has 14 heavy (non-hydrogen) atoms. The van der Waals surface area contributed by atoms with Crippen LogP contribution in [-0.4, -0.2) is 41.0 Å². The molecule has 4 nitrogen and oxygen atoms in total. The Morgan fingerprint density at radius 3 is 2.43 bits per heavy atom. The van der Waals surface area contributed by atoms with Crippen LogP contribution in [0.25, 0.3) is 10.9 Å². The Bertz CT molecular complexity index is 521. The summed E-state index contributed by atoms with van der Waals surface area (Å²) in [6, 6.07) is 6.70. The molecule has 0 saturated carbocycles. The molecule has 0 fully saturated rings. The molecule has 5 heteroatoms. The van der Waals surface area contributed by atoms with Gasteiger partial charge in [0.25, 0.3) is 5.56 Å². The van der Waals surface area contributed by atoms with Crippen molar-refractivity contribution in [2.24, 2.45) is 0 Å². The summed E-state index contributed by atoms with van der Waals surface area (Å²) in [6.07, 6.45) is 0. The van der Waals surface area contributed by atoms with Crippen LogP contribution in [0.5, 0.6) is 11.5 Å². The fraction of sp³-hybridized carbons (Fsp3) is 0. The molecule has 2 aromatic rings. The van der Waals surface area contributed by atoms with Crippen LogP contribution in [-0.2, 0) is 0 Å². The monoisotopic (exact) mass is 292 g/mol. The number of H-pyrrole nitrogens is 1. The molecular formula is C9H7InNO3. The third-order valence-corrected chi connectivity index (χ3v) is 1.87. The molecule has 0 aliphatic carbocycles. The number of hydrogen-bond acceptors (Lipinski definition) is 3. The number of aromatic hydroxyl groups is 2. The van der Waals surface area contributed by atoms with E-state index in [4.69, 9.17) is 5.11 Å². The number of para-hydroxylation sites is 1. The summed E-state index contributed by atoms with van der Waals surface area (Å²) in [5.41, 5.74) is -0.181. The first-order valence-corrected chi connectivity index (χ1v) is 3.73. The minimum Gasteiger partial charge on any atom is -0.504 e. The second kappa shape index (κ2) is 3.96. The second-order valence-electron chi connectivity index (χ2n) is 2.70. The molecule has 0 saturated heterocycles. The van der Waals surface area contributed by atoms with Gasteiger partial charge in [0.15, 0.2) is 5.75 Å². The maximum absolute atomic E-state index is 11.0. The van der Waals surface area contributed by atoms with Crippen LogP contribution in [0.1, 0.15) is 0 Å². The maximum Gasteiger partial charge on any atom is 0.294 e. The number of fused-ring (bicyclic) bond motifs is 1. The Hall–Kier alpha value is -1.10. The Labute approximate surface area is 98.0 Å². The third-order valence-electron chi connectivity index (χ3n) is 1.87. The largest absolute Gasteiger partial charge is 0.504 e. The number of aromatic amines is 1. The van der Waals surface area contributed by atoms with Crippen molar-refractivity contribution in [2.45, 2.75) is 0 Å². The number of rotatable bonds is 0. The van der Waals surface area contributed by atoms with Crippen molar-refractivity contribution in [3.63, 3.8) is 0 Å². The van der Waals surface area contributed by atoms with Crippen molar-refractivity contribution in [3.8, 4) is 11.5 Å². The van der Waals surface area contributed by atoms with Gasteiger partial charge in [0.05, 0.1) is 5.52 Å². The third kappa shape index (κ3) is 1.59. The van der Waals surface area contributed by atoms with Crippen molar-refractivity contribution in [2.75, 3.05) is 0 Å². The molecule has 0 aliphatic heterocycles. The second-order valence-corrected chi connectivity index (χ2v) is 2.70. The van der Waals surface area contributed by atoms with Gasteiger partial charge in [-0.1, -0.05) is 12.1 Å². The van der Waals surface area contributed by atoms with Gasteiger partial charge in [-0.2, -0.15) is 0 Å². The quantitative estimate of drug-likeness (QED) is 0.664. The molecule has 0 spiro atoms. The van der Waals surface area contributed by atoms with Gasteiger partial charge in [0.2, 0.25) is 5.75 Å². The molecule has 69 valence electrons. The zero-order valence-corrected chi connectivity index (χ0v) is 10.5. The van der Waals surface area contributed by atoms with Crippen LogP contribution in [0.15, 0.2) is 29.1 Å². The van der Waals surface area contributed by atoms with E-state index in [0.717, 1.165) is 0 Å². The Morgan fingerprint density at radius 1 is 1.07 bits per heavy atom. The number of aromatic nitrogens is 1. The van der Waals surface area contributed by atoms with Crippen molar-refractivity contribution in [3.05, 3.63) is 34.6 Å². The standard InChI is InChI=1S/C9H7NO3.In/c11-7-5-3-1-2-4-6(5)10-9(13)8(7)12;/h1-4,12H,(H2,10,11,13);. The van der Waals surface area contributed by atoms with Gasteiger partial charge in [-0.15, -0.1) is 0 Å². The summed E-state index contributed by atoms with van der Waals surface area (Å²) in [6.45, 7) is 0. The SMILES string of the molecule is O=c1[nH]c2ccccc2c(O)c1O.[In]. The number of pyridine rings is 1. The first-order chi connectivity index (χ1) is 6.20. The zero-order valence-electron chi connectivity index (χ0n) is 7.19. The maximum atomic E-state index is 11.0. The summed E-state index contributed by atoms with van der Waals surface area (Å²) >= 11 is 0. The first-order valence-electron chi connectivity index (χ1n) is 3.73. The van der Waals surface area contributed by atoms with Gasteiger partial charge < -0.3 is 15.2 Å². The smallest absolute Gasteiger partial charge is 0.294 e. The molecule has 1 heterocycles. The zero-order chi connectivity index (χ0) is 9.42. The van der Waals surface area contributed by atoms with E-state index < -0.39 is 11.3 Å². The average molecular weight is 292 g/mol. The van der Waals surface area contributed by atoms with E-state index in [2.05, 4.69) is 4.98 Å². The molecule has 3 radical (unpaired) electrons. The van der Waals surface area contributed by atoms with Crippen LogP contribution in [0, 0.1) is 0 Å². The van der Waals surface area contributed by atoms with Crippen LogP contribution in [0.2, 0.25) is 0 Å². The van der Waals surface area contributed by atoms with E-state index in [1.54, 1.807) is 24.3 Å². The van der Waals surface area contributed by atoms with Crippen molar-refractivity contribution in [1.29, 1.82) is 0 Å². The predicted molar refractivity (Wildman–Crippen MR) is 53.7 cm³/mol. The Morgan fingerprint density at radius 2 is 1.71 bits per heavy atom. The molecule has 1 aromatic carbocycles. The summed E-state index contributed by atoms with van der Waals surface area (Å²) in [5.74, 6) is -1.02. The molecule has 0 amide bonds. The molecule has 3 N–H and O–H groups in total. The molecule has 0 unspecified atom stereocenters. The van der Waals surface area contributed by atoms with E-state index in [-0.39, 0.29) is 31.6 Å². The van der Waals surface area contributed by atoms with Gasteiger partial charge in [-0.05, 0) is 12.1 Å². The summed E-state index contributed by atoms with van der Waals surface area (Å²) < 4.78 is 0. The molecule has 1 aromatic heterocycles. The van der Waals surface area contributed by atoms with Crippen LogP contribution in [0.4, 0.5) is 0 Å². The normalized spacial score (nSPS) is 9.71. The van der Waals surface area contributed by atoms with Crippen LogP contribution >= 0.6 is 0 Å². The van der Waals surface area contributed by atoms with E-state index in [1.165, 1.54) is 0 Å². The van der Waals surface area contributed by atoms with Crippen LogP contribution in [0.3, 0.4) is 0 Å². The summed E-state index contributed by atoms with van der Waals surface area (Å²) in [4.78, 5) is 13.4. The minimum atomic E-state index is -0.684. The fourth-order valence-electron chi connectivity index (χ4n) is 1.22. The number of benzene rings is 1. The molecule has 0 bridgehead atoms. The van der Waals surface area contributed by atoms with E-state index in [1.807, 2.05) is 0 Å². The Balaban J connectivity index is 0.000000980. The van der Waals surface area contributed by atoms with Gasteiger partial charge in [-0.25, -0.2) is 0 Å². The van der Waals surface area contributed by atoms with E-state index in [0.29, 0.717) is 10.9 Å². The average Bonchev–Trinajstić information content (AvgIpc) is 2.15. The molecule has 0 atom stereocenters. The number of nitrogens with one attached hydrogen (secondary N) is 1. The van der Waals surface area contributed by atoms with Crippen molar-refractivity contribution in [1.82, 2.24) is 4.98 Å². The molecule has 0 aliphatic rings. The topological polar surface area (TPSA) is 73.3 Å². The van der Waals surface area contributed by atoms with E-state index >= 15 is 0 Å². The van der Waals surface area contributed by atoms with Gasteiger partial charge in [-0.3, -0.25) is 4.79 Å². The van der Waals surface area contributed by atoms with Crippen LogP contribution < -0.4 is 5.56 Å². The summed E-state index contributed by atoms with van der Waals surface area (Å²) in [5, 5.41) is 18.9. The molecule has 2 rings (SSSR count). The Kier molecular flexibility index (Phi) is 3.10. The first kappa shape index (κ1) is 11.0. The van der Waals surface area contributed by atoms with Gasteiger partial charge in [0.1, 0.15) is 0 Å². The van der Waals surface area contributed by atoms with Crippen molar-refractivity contribution < 1.29 is 10.2 Å². The molecular weight excluding hydrogens is 285 g/mol. The van der Waals surface area contributed by atoms with Crippen molar-refractivity contribution >= 4 is 36.7 Å². The van der Waals surface area contributed by atoms with Gasteiger partial charge in [0, 0.05) is 31.2 Å². The van der Waals surface area contributed by atoms with Gasteiger partial charge >= 0.3 is 0 Å². The summed E-state index contributed by atoms with van der Waals surface area (Å²) in [7, 11) is 0. The fourth-order valence-corrected chi connectivity index (χ4v) is 1.22. The van der Waals surface area contributed by atoms with E-state index in [9.17, 15) is 9.90 Å². The number of hydrogen-bond donors (Lipinski definition) is 3.